The lowest BCUT2D eigenvalue weighted by molar-refractivity contribution is -0.0703. The average molecular weight is 274 g/mol. The van der Waals surface area contributed by atoms with Crippen LogP contribution in [0.4, 0.5) is 0 Å². The topological polar surface area (TPSA) is 84.3 Å². The number of rotatable bonds is 7. The third kappa shape index (κ3) is 4.32. The SMILES string of the molecule is CC(OC(CO)CCCS)n1ccc(=O)[nH]c1=O. The third-order valence-corrected chi connectivity index (χ3v) is 2.84. The predicted octanol–water partition coefficient (Wildman–Crippen LogP) is 0.143. The number of thiol groups is 1. The van der Waals surface area contributed by atoms with Crippen molar-refractivity contribution in [3.05, 3.63) is 33.1 Å². The number of ether oxygens (including phenoxy) is 1. The smallest absolute Gasteiger partial charge is 0.330 e. The van der Waals surface area contributed by atoms with Gasteiger partial charge in [-0.2, -0.15) is 12.6 Å². The Balaban J connectivity index is 2.71. The van der Waals surface area contributed by atoms with E-state index in [1.165, 1.54) is 16.8 Å². The molecule has 1 aromatic rings. The lowest BCUT2D eigenvalue weighted by atomic mass is 10.2. The van der Waals surface area contributed by atoms with E-state index in [9.17, 15) is 9.59 Å². The number of aliphatic hydroxyl groups is 1. The van der Waals surface area contributed by atoms with E-state index in [1.54, 1.807) is 6.92 Å². The fourth-order valence-electron chi connectivity index (χ4n) is 1.58. The van der Waals surface area contributed by atoms with Gasteiger partial charge in [-0.1, -0.05) is 0 Å². The molecule has 0 bridgehead atoms. The van der Waals surface area contributed by atoms with Gasteiger partial charge in [-0.25, -0.2) is 4.79 Å². The van der Waals surface area contributed by atoms with E-state index in [0.717, 1.165) is 6.42 Å². The Labute approximate surface area is 110 Å². The maximum absolute atomic E-state index is 11.5. The van der Waals surface area contributed by atoms with Crippen LogP contribution in [0.3, 0.4) is 0 Å². The molecule has 0 aliphatic rings. The number of aromatic amines is 1. The van der Waals surface area contributed by atoms with Crippen LogP contribution in [0.15, 0.2) is 21.9 Å². The van der Waals surface area contributed by atoms with Crippen molar-refractivity contribution in [1.29, 1.82) is 0 Å². The number of H-pyrrole nitrogens is 1. The molecule has 0 aliphatic heterocycles. The molecular formula is C11H18N2O4S. The van der Waals surface area contributed by atoms with Crippen molar-refractivity contribution >= 4 is 12.6 Å². The Bertz CT molecular complexity index is 471. The summed E-state index contributed by atoms with van der Waals surface area (Å²) in [6.45, 7) is 1.57. The van der Waals surface area contributed by atoms with Crippen LogP contribution in [0.2, 0.25) is 0 Å². The molecule has 1 heterocycles. The summed E-state index contributed by atoms with van der Waals surface area (Å²) in [7, 11) is 0. The van der Waals surface area contributed by atoms with Gasteiger partial charge in [-0.05, 0) is 25.5 Å². The summed E-state index contributed by atoms with van der Waals surface area (Å²) in [6, 6.07) is 1.25. The summed E-state index contributed by atoms with van der Waals surface area (Å²) in [5, 5.41) is 9.17. The minimum absolute atomic E-state index is 0.115. The Morgan fingerprint density at radius 3 is 2.83 bits per heavy atom. The predicted molar refractivity (Wildman–Crippen MR) is 71.1 cm³/mol. The first-order chi connectivity index (χ1) is 8.58. The Morgan fingerprint density at radius 2 is 2.28 bits per heavy atom. The van der Waals surface area contributed by atoms with Gasteiger partial charge in [0.15, 0.2) is 0 Å². The quantitative estimate of drug-likeness (QED) is 0.618. The number of hydrogen-bond donors (Lipinski definition) is 3. The summed E-state index contributed by atoms with van der Waals surface area (Å²) < 4.78 is 6.83. The van der Waals surface area contributed by atoms with Crippen molar-refractivity contribution in [3.63, 3.8) is 0 Å². The summed E-state index contributed by atoms with van der Waals surface area (Å²) in [4.78, 5) is 24.6. The molecule has 0 saturated carbocycles. The van der Waals surface area contributed by atoms with Gasteiger partial charge in [0.05, 0.1) is 12.7 Å². The summed E-state index contributed by atoms with van der Waals surface area (Å²) in [6.07, 6.45) is 1.97. The van der Waals surface area contributed by atoms with Crippen LogP contribution in [0.1, 0.15) is 26.0 Å². The van der Waals surface area contributed by atoms with E-state index in [2.05, 4.69) is 17.6 Å². The van der Waals surface area contributed by atoms with Crippen LogP contribution in [-0.4, -0.2) is 33.1 Å². The van der Waals surface area contributed by atoms with E-state index in [-0.39, 0.29) is 12.7 Å². The highest BCUT2D eigenvalue weighted by Gasteiger charge is 2.14. The third-order valence-electron chi connectivity index (χ3n) is 2.52. The van der Waals surface area contributed by atoms with Gasteiger partial charge in [0, 0.05) is 12.3 Å². The summed E-state index contributed by atoms with van der Waals surface area (Å²) >= 11 is 4.09. The maximum Gasteiger partial charge on any atom is 0.330 e. The molecule has 0 fully saturated rings. The fraction of sp³-hybridized carbons (Fsp3) is 0.636. The molecular weight excluding hydrogens is 256 g/mol. The minimum atomic E-state index is -0.550. The highest BCUT2D eigenvalue weighted by atomic mass is 32.1. The van der Waals surface area contributed by atoms with Gasteiger partial charge in [0.1, 0.15) is 6.23 Å². The second-order valence-electron chi connectivity index (χ2n) is 3.92. The monoisotopic (exact) mass is 274 g/mol. The Kier molecular flexibility index (Phi) is 6.17. The molecule has 0 saturated heterocycles. The van der Waals surface area contributed by atoms with E-state index in [1.807, 2.05) is 0 Å². The van der Waals surface area contributed by atoms with Crippen molar-refractivity contribution in [2.45, 2.75) is 32.1 Å². The van der Waals surface area contributed by atoms with Crippen LogP contribution < -0.4 is 11.2 Å². The Morgan fingerprint density at radius 1 is 1.56 bits per heavy atom. The van der Waals surface area contributed by atoms with Gasteiger partial charge in [0.2, 0.25) is 0 Å². The molecule has 102 valence electrons. The first-order valence-electron chi connectivity index (χ1n) is 5.77. The van der Waals surface area contributed by atoms with Gasteiger partial charge in [0.25, 0.3) is 5.56 Å². The molecule has 7 heteroatoms. The average Bonchev–Trinajstić information content (AvgIpc) is 2.34. The molecule has 0 radical (unpaired) electrons. The first-order valence-corrected chi connectivity index (χ1v) is 6.40. The number of hydrogen-bond acceptors (Lipinski definition) is 5. The molecule has 1 aromatic heterocycles. The van der Waals surface area contributed by atoms with Crippen molar-refractivity contribution in [2.75, 3.05) is 12.4 Å². The van der Waals surface area contributed by atoms with Gasteiger partial charge < -0.3 is 9.84 Å². The molecule has 0 aliphatic carbocycles. The molecule has 2 unspecified atom stereocenters. The van der Waals surface area contributed by atoms with Gasteiger partial charge in [-0.3, -0.25) is 14.3 Å². The zero-order valence-corrected chi connectivity index (χ0v) is 11.1. The summed E-state index contributed by atoms with van der Waals surface area (Å²) in [5.41, 5.74) is -0.974. The Hall–Kier alpha value is -1.05. The highest BCUT2D eigenvalue weighted by molar-refractivity contribution is 7.80. The number of nitrogens with one attached hydrogen (secondary N) is 1. The zero-order chi connectivity index (χ0) is 13.5. The molecule has 0 aromatic carbocycles. The van der Waals surface area contributed by atoms with Crippen LogP contribution in [0.25, 0.3) is 0 Å². The minimum Gasteiger partial charge on any atom is -0.394 e. The zero-order valence-electron chi connectivity index (χ0n) is 10.2. The second kappa shape index (κ2) is 7.40. The molecule has 0 amide bonds. The second-order valence-corrected chi connectivity index (χ2v) is 4.37. The van der Waals surface area contributed by atoms with E-state index in [0.29, 0.717) is 12.2 Å². The summed E-state index contributed by atoms with van der Waals surface area (Å²) in [5.74, 6) is 0.715. The van der Waals surface area contributed by atoms with E-state index in [4.69, 9.17) is 9.84 Å². The van der Waals surface area contributed by atoms with Crippen molar-refractivity contribution in [1.82, 2.24) is 9.55 Å². The van der Waals surface area contributed by atoms with Crippen LogP contribution in [-0.2, 0) is 4.74 Å². The van der Waals surface area contributed by atoms with E-state index >= 15 is 0 Å². The molecule has 6 nitrogen and oxygen atoms in total. The maximum atomic E-state index is 11.5. The molecule has 0 spiro atoms. The van der Waals surface area contributed by atoms with Crippen LogP contribution in [0, 0.1) is 0 Å². The van der Waals surface area contributed by atoms with Crippen LogP contribution >= 0.6 is 12.6 Å². The van der Waals surface area contributed by atoms with Crippen LogP contribution in [0.5, 0.6) is 0 Å². The molecule has 2 atom stereocenters. The molecule has 2 N–H and O–H groups in total. The van der Waals surface area contributed by atoms with Crippen molar-refractivity contribution in [3.8, 4) is 0 Å². The number of aromatic nitrogens is 2. The highest BCUT2D eigenvalue weighted by Crippen LogP contribution is 2.11. The lowest BCUT2D eigenvalue weighted by Crippen LogP contribution is -2.33. The largest absolute Gasteiger partial charge is 0.394 e. The fourth-order valence-corrected chi connectivity index (χ4v) is 1.76. The van der Waals surface area contributed by atoms with Gasteiger partial charge in [-0.15, -0.1) is 0 Å². The lowest BCUT2D eigenvalue weighted by Gasteiger charge is -2.21. The molecule has 1 rings (SSSR count). The van der Waals surface area contributed by atoms with Gasteiger partial charge >= 0.3 is 5.69 Å². The van der Waals surface area contributed by atoms with Crippen molar-refractivity contribution in [2.24, 2.45) is 0 Å². The normalized spacial score (nSPS) is 14.4. The van der Waals surface area contributed by atoms with Crippen molar-refractivity contribution < 1.29 is 9.84 Å². The number of nitrogens with zero attached hydrogens (tertiary/aromatic N) is 1. The first kappa shape index (κ1) is 15.0. The number of aliphatic hydroxyl groups excluding tert-OH is 1. The standard InChI is InChI=1S/C11H18N2O4S/c1-8(17-9(7-14)3-2-6-18)13-5-4-10(15)12-11(13)16/h4-5,8-9,14,18H,2-3,6-7H2,1H3,(H,12,15,16). The molecule has 18 heavy (non-hydrogen) atoms. The van der Waals surface area contributed by atoms with E-state index < -0.39 is 17.5 Å².